The van der Waals surface area contributed by atoms with Crippen LogP contribution in [0.2, 0.25) is 0 Å². The van der Waals surface area contributed by atoms with Crippen LogP contribution < -0.4 is 32.8 Å². The number of phosphoric acid groups is 1. The monoisotopic (exact) mass is 368 g/mol. The van der Waals surface area contributed by atoms with Gasteiger partial charge in [-0.25, -0.2) is 4.57 Å². The van der Waals surface area contributed by atoms with Gasteiger partial charge in [0.1, 0.15) is 11.5 Å². The summed E-state index contributed by atoms with van der Waals surface area (Å²) in [6.07, 6.45) is 0. The Labute approximate surface area is 168 Å². The molecule has 26 heavy (non-hydrogen) atoms. The van der Waals surface area contributed by atoms with E-state index >= 15 is 0 Å². The van der Waals surface area contributed by atoms with E-state index in [1.54, 1.807) is 12.1 Å². The second kappa shape index (κ2) is 9.15. The number of aryl methyl sites for hydroxylation is 2. The minimum absolute atomic E-state index is 0. The van der Waals surface area contributed by atoms with Crippen LogP contribution in [0.1, 0.15) is 61.8 Å². The summed E-state index contributed by atoms with van der Waals surface area (Å²) >= 11 is 0. The molecule has 0 atom stereocenters. The Morgan fingerprint density at radius 2 is 1.15 bits per heavy atom. The Morgan fingerprint density at radius 1 is 0.808 bits per heavy atom. The minimum atomic E-state index is -4.54. The molecule has 0 unspecified atom stereocenters. The molecule has 2 aromatic rings. The third kappa shape index (κ3) is 5.93. The zero-order valence-corrected chi connectivity index (χ0v) is 17.6. The normalized spacial score (nSPS) is 11.4. The molecule has 0 aromatic heterocycles. The first-order valence-electron chi connectivity index (χ1n) is 8.50. The van der Waals surface area contributed by atoms with Gasteiger partial charge in [0.05, 0.1) is 0 Å². The average molecular weight is 368 g/mol. The fourth-order valence-corrected chi connectivity index (χ4v) is 3.32. The van der Waals surface area contributed by atoms with Gasteiger partial charge in [0, 0.05) is 0 Å². The molecule has 0 bridgehead atoms. The predicted molar refractivity (Wildman–Crippen MR) is 99.4 cm³/mol. The molecule has 6 heteroatoms. The number of hydrogen-bond acceptors (Lipinski definition) is 4. The standard InChI is InChI=1S/C20H27O4P.Li/c1-13(2)17-9-7-15(5)19(11-17)23-25(21,22)24-20-12-18(14(3)4)10-8-16(20)6;/h7-14H,1-6H3,(H,21,22);/q;+1/p-1. The van der Waals surface area contributed by atoms with Crippen molar-refractivity contribution in [2.24, 2.45) is 0 Å². The molecule has 2 aromatic carbocycles. The topological polar surface area (TPSA) is 58.6 Å². The maximum Gasteiger partial charge on any atom is 1.00 e. The van der Waals surface area contributed by atoms with Crippen LogP contribution in [0.4, 0.5) is 0 Å². The molecule has 0 aliphatic rings. The van der Waals surface area contributed by atoms with Crippen LogP contribution in [-0.2, 0) is 4.57 Å². The molecular formula is C20H26LiO4P. The molecule has 2 rings (SSSR count). The predicted octanol–water partition coefficient (Wildman–Crippen LogP) is 2.48. The Bertz CT molecular complexity index is 739. The van der Waals surface area contributed by atoms with E-state index in [2.05, 4.69) is 0 Å². The van der Waals surface area contributed by atoms with Gasteiger partial charge in [-0.2, -0.15) is 0 Å². The molecule has 4 nitrogen and oxygen atoms in total. The summed E-state index contributed by atoms with van der Waals surface area (Å²) in [5, 5.41) is 0. The molecule has 0 saturated carbocycles. The van der Waals surface area contributed by atoms with Gasteiger partial charge in [0.15, 0.2) is 0 Å². The van der Waals surface area contributed by atoms with Crippen LogP contribution in [-0.4, -0.2) is 0 Å². The van der Waals surface area contributed by atoms with Crippen molar-refractivity contribution in [2.75, 3.05) is 0 Å². The van der Waals surface area contributed by atoms with Crippen LogP contribution in [0.25, 0.3) is 0 Å². The summed E-state index contributed by atoms with van der Waals surface area (Å²) in [6.45, 7) is 11.8. The fraction of sp³-hybridized carbons (Fsp3) is 0.400. The molecule has 0 N–H and O–H groups in total. The summed E-state index contributed by atoms with van der Waals surface area (Å²) in [5.41, 5.74) is 3.52. The van der Waals surface area contributed by atoms with Crippen molar-refractivity contribution in [3.8, 4) is 11.5 Å². The fourth-order valence-electron chi connectivity index (χ4n) is 2.41. The summed E-state index contributed by atoms with van der Waals surface area (Å²) < 4.78 is 22.9. The molecule has 0 heterocycles. The summed E-state index contributed by atoms with van der Waals surface area (Å²) in [4.78, 5) is 12.4. The Kier molecular flexibility index (Phi) is 8.05. The van der Waals surface area contributed by atoms with Gasteiger partial charge in [-0.15, -0.1) is 0 Å². The van der Waals surface area contributed by atoms with Gasteiger partial charge in [-0.1, -0.05) is 52.0 Å². The van der Waals surface area contributed by atoms with Crippen molar-refractivity contribution in [2.45, 2.75) is 53.4 Å². The molecular weight excluding hydrogens is 342 g/mol. The van der Waals surface area contributed by atoms with Crippen molar-refractivity contribution in [1.82, 2.24) is 0 Å². The van der Waals surface area contributed by atoms with E-state index in [9.17, 15) is 9.46 Å². The first-order valence-corrected chi connectivity index (χ1v) is 9.96. The third-order valence-corrected chi connectivity index (χ3v) is 5.02. The Morgan fingerprint density at radius 3 is 1.46 bits per heavy atom. The van der Waals surface area contributed by atoms with Crippen LogP contribution >= 0.6 is 7.82 Å². The maximum atomic E-state index is 12.4. The number of hydrogen-bond donors (Lipinski definition) is 0. The van der Waals surface area contributed by atoms with Crippen molar-refractivity contribution in [1.29, 1.82) is 0 Å². The van der Waals surface area contributed by atoms with E-state index < -0.39 is 7.82 Å². The summed E-state index contributed by atoms with van der Waals surface area (Å²) in [6, 6.07) is 11.2. The van der Waals surface area contributed by atoms with Gasteiger partial charge in [0.2, 0.25) is 0 Å². The summed E-state index contributed by atoms with van der Waals surface area (Å²) in [7, 11) is -4.54. The first-order chi connectivity index (χ1) is 11.6. The molecule has 0 aliphatic heterocycles. The van der Waals surface area contributed by atoms with Crippen molar-refractivity contribution >= 4 is 7.82 Å². The molecule has 0 saturated heterocycles. The largest absolute Gasteiger partial charge is 1.00 e. The molecule has 0 spiro atoms. The van der Waals surface area contributed by atoms with Gasteiger partial charge < -0.3 is 13.9 Å². The third-order valence-electron chi connectivity index (χ3n) is 4.18. The van der Waals surface area contributed by atoms with Crippen molar-refractivity contribution < 1.29 is 37.4 Å². The van der Waals surface area contributed by atoms with E-state index in [0.717, 1.165) is 22.3 Å². The molecule has 0 radical (unpaired) electrons. The molecule has 0 amide bonds. The van der Waals surface area contributed by atoms with E-state index in [-0.39, 0.29) is 30.7 Å². The first kappa shape index (κ1) is 22.9. The second-order valence-corrected chi connectivity index (χ2v) is 8.25. The van der Waals surface area contributed by atoms with E-state index in [1.807, 2.05) is 65.8 Å². The van der Waals surface area contributed by atoms with Gasteiger partial charge in [-0.3, -0.25) is 0 Å². The van der Waals surface area contributed by atoms with Gasteiger partial charge in [0.25, 0.3) is 0 Å². The van der Waals surface area contributed by atoms with Crippen LogP contribution in [0.3, 0.4) is 0 Å². The number of rotatable bonds is 6. The van der Waals surface area contributed by atoms with E-state index in [4.69, 9.17) is 9.05 Å². The van der Waals surface area contributed by atoms with Crippen LogP contribution in [0.5, 0.6) is 11.5 Å². The molecule has 0 aliphatic carbocycles. The average Bonchev–Trinajstić information content (AvgIpc) is 2.50. The van der Waals surface area contributed by atoms with E-state index in [0.29, 0.717) is 11.5 Å². The molecule has 136 valence electrons. The zero-order valence-electron chi connectivity index (χ0n) is 16.7. The Hall–Kier alpha value is -1.17. The Balaban J connectivity index is 0.00000338. The van der Waals surface area contributed by atoms with Crippen LogP contribution in [0, 0.1) is 13.8 Å². The van der Waals surface area contributed by atoms with E-state index in [1.165, 1.54) is 0 Å². The van der Waals surface area contributed by atoms with Crippen molar-refractivity contribution in [3.63, 3.8) is 0 Å². The second-order valence-electron chi connectivity index (χ2n) is 6.99. The minimum Gasteiger partial charge on any atom is -0.736 e. The van der Waals surface area contributed by atoms with Crippen LogP contribution in [0.15, 0.2) is 36.4 Å². The van der Waals surface area contributed by atoms with Gasteiger partial charge in [-0.05, 0) is 60.1 Å². The zero-order chi connectivity index (χ0) is 18.8. The quantitative estimate of drug-likeness (QED) is 0.581. The molecule has 0 fully saturated rings. The van der Waals surface area contributed by atoms with Crippen molar-refractivity contribution in [3.05, 3.63) is 58.7 Å². The SMILES string of the molecule is Cc1ccc(C(C)C)cc1OP(=O)([O-])Oc1cc(C(C)C)ccc1C.[Li+]. The number of phosphoric ester groups is 1. The number of benzene rings is 2. The summed E-state index contributed by atoms with van der Waals surface area (Å²) in [5.74, 6) is 1.17. The maximum absolute atomic E-state index is 12.4. The smallest absolute Gasteiger partial charge is 0.736 e. The van der Waals surface area contributed by atoms with Gasteiger partial charge >= 0.3 is 26.7 Å².